The third kappa shape index (κ3) is 7.12. The first-order valence-corrected chi connectivity index (χ1v) is 14.6. The summed E-state index contributed by atoms with van der Waals surface area (Å²) in [5, 5.41) is 2.74. The maximum atomic E-state index is 14.0. The van der Waals surface area contributed by atoms with Crippen LogP contribution in [0.1, 0.15) is 62.0 Å². The van der Waals surface area contributed by atoms with E-state index in [0.29, 0.717) is 35.2 Å². The summed E-state index contributed by atoms with van der Waals surface area (Å²) in [5.41, 5.74) is 3.76. The van der Waals surface area contributed by atoms with E-state index >= 15 is 0 Å². The van der Waals surface area contributed by atoms with Crippen LogP contribution < -0.4 is 5.32 Å². The zero-order chi connectivity index (χ0) is 29.3. The zero-order valence-electron chi connectivity index (χ0n) is 23.1. The van der Waals surface area contributed by atoms with Gasteiger partial charge in [0.2, 0.25) is 0 Å². The van der Waals surface area contributed by atoms with Crippen LogP contribution in [0.5, 0.6) is 0 Å². The normalized spacial score (nSPS) is 15.7. The molecule has 5 nitrogen and oxygen atoms in total. The number of nitrogens with zero attached hydrogens (tertiary/aromatic N) is 1. The standard InChI is InChI=1S/C30H28F2N2O3S.C2H6/c1-3-22-10-15-27(4-2)34(20-29(22)24-6-5-7-26(32)18-24)38(36,37)28-16-11-23(12-17-28)30(35)33-19-21-8-13-25(31)14-9-21;1-2/h3-9,11-14,16-18,20H,10,15,19H2,1-2H3,(H,33,35);1-2H3/b22-3+,27-4+;. The molecule has 1 N–H and O–H groups in total. The third-order valence-electron chi connectivity index (χ3n) is 6.38. The van der Waals surface area contributed by atoms with Crippen molar-refractivity contribution in [3.8, 4) is 0 Å². The molecule has 0 aromatic heterocycles. The van der Waals surface area contributed by atoms with Gasteiger partial charge >= 0.3 is 0 Å². The van der Waals surface area contributed by atoms with Crippen molar-refractivity contribution in [2.24, 2.45) is 0 Å². The lowest BCUT2D eigenvalue weighted by atomic mass is 9.95. The molecular formula is C32H34F2N2O3S. The second-order valence-corrected chi connectivity index (χ2v) is 10.6. The molecule has 210 valence electrons. The van der Waals surface area contributed by atoms with Crippen LogP contribution in [0.2, 0.25) is 0 Å². The van der Waals surface area contributed by atoms with Crippen LogP contribution in [0.3, 0.4) is 0 Å². The van der Waals surface area contributed by atoms with E-state index in [1.54, 1.807) is 43.5 Å². The van der Waals surface area contributed by atoms with Gasteiger partial charge in [-0.3, -0.25) is 4.79 Å². The predicted octanol–water partition coefficient (Wildman–Crippen LogP) is 7.60. The number of carbonyl (C=O) groups is 1. The molecule has 0 bridgehead atoms. The first kappa shape index (κ1) is 30.5. The van der Waals surface area contributed by atoms with E-state index in [-0.39, 0.29) is 23.2 Å². The second-order valence-electron chi connectivity index (χ2n) is 8.78. The van der Waals surface area contributed by atoms with Crippen LogP contribution in [0.4, 0.5) is 8.78 Å². The summed E-state index contributed by atoms with van der Waals surface area (Å²) in [5.74, 6) is -1.15. The summed E-state index contributed by atoms with van der Waals surface area (Å²) in [6, 6.07) is 17.6. The number of hydrogen-bond donors (Lipinski definition) is 1. The number of nitrogens with one attached hydrogen (secondary N) is 1. The van der Waals surface area contributed by atoms with Gasteiger partial charge in [-0.15, -0.1) is 0 Å². The minimum atomic E-state index is -4.03. The fourth-order valence-corrected chi connectivity index (χ4v) is 5.74. The summed E-state index contributed by atoms with van der Waals surface area (Å²) in [6.45, 7) is 7.86. The average molecular weight is 565 g/mol. The van der Waals surface area contributed by atoms with Crippen LogP contribution in [0, 0.1) is 11.6 Å². The Morgan fingerprint density at radius 3 is 2.17 bits per heavy atom. The van der Waals surface area contributed by atoms with Gasteiger partial charge in [0.15, 0.2) is 0 Å². The number of benzene rings is 3. The van der Waals surface area contributed by atoms with Crippen molar-refractivity contribution in [3.05, 3.63) is 131 Å². The fourth-order valence-electron chi connectivity index (χ4n) is 4.28. The van der Waals surface area contributed by atoms with Crippen molar-refractivity contribution in [1.82, 2.24) is 9.62 Å². The van der Waals surface area contributed by atoms with Gasteiger partial charge in [0.25, 0.3) is 15.9 Å². The summed E-state index contributed by atoms with van der Waals surface area (Å²) < 4.78 is 55.9. The highest BCUT2D eigenvalue weighted by Crippen LogP contribution is 2.36. The lowest BCUT2D eigenvalue weighted by Crippen LogP contribution is -2.26. The van der Waals surface area contributed by atoms with Crippen LogP contribution >= 0.6 is 0 Å². The van der Waals surface area contributed by atoms with Crippen LogP contribution in [-0.2, 0) is 16.6 Å². The van der Waals surface area contributed by atoms with Gasteiger partial charge in [-0.05, 0) is 91.9 Å². The van der Waals surface area contributed by atoms with E-state index in [4.69, 9.17) is 0 Å². The van der Waals surface area contributed by atoms with Gasteiger partial charge in [-0.2, -0.15) is 0 Å². The lowest BCUT2D eigenvalue weighted by Gasteiger charge is -2.23. The summed E-state index contributed by atoms with van der Waals surface area (Å²) in [4.78, 5) is 12.6. The number of hydrogen-bond acceptors (Lipinski definition) is 3. The maximum absolute atomic E-state index is 14.0. The summed E-state index contributed by atoms with van der Waals surface area (Å²) in [6.07, 6.45) is 6.30. The van der Waals surface area contributed by atoms with Crippen LogP contribution in [0.15, 0.2) is 107 Å². The Kier molecular flexibility index (Phi) is 10.6. The molecule has 0 spiro atoms. The first-order valence-electron chi connectivity index (χ1n) is 13.2. The van der Waals surface area contributed by atoms with E-state index in [1.807, 2.05) is 26.8 Å². The quantitative estimate of drug-likeness (QED) is 0.335. The van der Waals surface area contributed by atoms with Crippen molar-refractivity contribution in [2.45, 2.75) is 52.0 Å². The van der Waals surface area contributed by atoms with Gasteiger partial charge < -0.3 is 5.32 Å². The number of halogens is 2. The Hall–Kier alpha value is -4.04. The van der Waals surface area contributed by atoms with Gasteiger partial charge in [0.1, 0.15) is 11.6 Å². The molecule has 1 heterocycles. The Labute approximate surface area is 235 Å². The minimum Gasteiger partial charge on any atom is -0.348 e. The molecule has 0 saturated heterocycles. The molecule has 4 rings (SSSR count). The largest absolute Gasteiger partial charge is 0.348 e. The van der Waals surface area contributed by atoms with Gasteiger partial charge in [0, 0.05) is 29.6 Å². The van der Waals surface area contributed by atoms with E-state index < -0.39 is 15.8 Å². The molecule has 0 fully saturated rings. The third-order valence-corrected chi connectivity index (χ3v) is 8.11. The van der Waals surface area contributed by atoms with E-state index in [0.717, 1.165) is 11.1 Å². The molecule has 1 amide bonds. The Balaban J connectivity index is 0.00000216. The number of carbonyl (C=O) groups excluding carboxylic acids is 1. The van der Waals surface area contributed by atoms with Crippen molar-refractivity contribution < 1.29 is 22.0 Å². The SMILES string of the molecule is C/C=C1\CC/C(=C\C)N(S(=O)(=O)c2ccc(C(=O)NCc3ccc(F)cc3)cc2)C=C1c1cccc(F)c1.CC. The Morgan fingerprint density at radius 1 is 0.900 bits per heavy atom. The molecule has 0 aliphatic carbocycles. The molecule has 1 aliphatic heterocycles. The van der Waals surface area contributed by atoms with E-state index in [9.17, 15) is 22.0 Å². The molecule has 3 aromatic rings. The van der Waals surface area contributed by atoms with E-state index in [1.165, 1.54) is 52.8 Å². The van der Waals surface area contributed by atoms with Crippen LogP contribution in [-0.4, -0.2) is 18.6 Å². The average Bonchev–Trinajstić information content (AvgIpc) is 3.18. The molecule has 3 aromatic carbocycles. The highest BCUT2D eigenvalue weighted by molar-refractivity contribution is 7.89. The molecule has 0 radical (unpaired) electrons. The molecule has 40 heavy (non-hydrogen) atoms. The second kappa shape index (κ2) is 13.8. The van der Waals surface area contributed by atoms with Crippen molar-refractivity contribution >= 4 is 21.5 Å². The molecule has 0 unspecified atom stereocenters. The Bertz CT molecular complexity index is 1530. The summed E-state index contributed by atoms with van der Waals surface area (Å²) >= 11 is 0. The molecule has 1 aliphatic rings. The summed E-state index contributed by atoms with van der Waals surface area (Å²) in [7, 11) is -4.03. The molecule has 0 saturated carbocycles. The van der Waals surface area contributed by atoms with Crippen molar-refractivity contribution in [3.63, 3.8) is 0 Å². The van der Waals surface area contributed by atoms with Crippen LogP contribution in [0.25, 0.3) is 5.57 Å². The number of amides is 1. The fraction of sp³-hybridized carbons (Fsp3) is 0.219. The lowest BCUT2D eigenvalue weighted by molar-refractivity contribution is 0.0951. The van der Waals surface area contributed by atoms with Gasteiger partial charge in [-0.25, -0.2) is 21.5 Å². The zero-order valence-corrected chi connectivity index (χ0v) is 23.9. The Morgan fingerprint density at radius 2 is 1.57 bits per heavy atom. The predicted molar refractivity (Wildman–Crippen MR) is 156 cm³/mol. The number of rotatable bonds is 6. The van der Waals surface area contributed by atoms with Crippen molar-refractivity contribution in [1.29, 1.82) is 0 Å². The number of sulfonamides is 1. The highest BCUT2D eigenvalue weighted by Gasteiger charge is 2.29. The van der Waals surface area contributed by atoms with E-state index in [2.05, 4.69) is 5.32 Å². The minimum absolute atomic E-state index is 0.0192. The molecular weight excluding hydrogens is 530 g/mol. The first-order chi connectivity index (χ1) is 19.2. The van der Waals surface area contributed by atoms with Crippen molar-refractivity contribution in [2.75, 3.05) is 0 Å². The van der Waals surface area contributed by atoms with Gasteiger partial charge in [-0.1, -0.05) is 50.3 Å². The number of allylic oxidation sites excluding steroid dienone is 5. The topological polar surface area (TPSA) is 66.5 Å². The highest BCUT2D eigenvalue weighted by atomic mass is 32.2. The smallest absolute Gasteiger partial charge is 0.267 e. The monoisotopic (exact) mass is 564 g/mol. The molecule has 8 heteroatoms. The molecule has 0 atom stereocenters. The maximum Gasteiger partial charge on any atom is 0.267 e. The van der Waals surface area contributed by atoms with Gasteiger partial charge in [0.05, 0.1) is 4.90 Å².